The lowest BCUT2D eigenvalue weighted by atomic mass is 9.96. The third-order valence-electron chi connectivity index (χ3n) is 3.37. The normalized spacial score (nSPS) is 33.2. The summed E-state index contributed by atoms with van der Waals surface area (Å²) >= 11 is 0. The summed E-state index contributed by atoms with van der Waals surface area (Å²) in [4.78, 5) is 4.91. The molecule has 0 aromatic heterocycles. The summed E-state index contributed by atoms with van der Waals surface area (Å²) in [5, 5.41) is 9.10. The second-order valence-corrected chi connectivity index (χ2v) is 4.56. The Bertz CT molecular complexity index is 168. The van der Waals surface area contributed by atoms with E-state index in [0.717, 1.165) is 12.6 Å². The second kappa shape index (κ2) is 3.95. The Morgan fingerprint density at radius 1 is 1.31 bits per heavy atom. The van der Waals surface area contributed by atoms with Gasteiger partial charge in [-0.25, -0.2) is 0 Å². The Balaban J connectivity index is 1.79. The summed E-state index contributed by atoms with van der Waals surface area (Å²) in [6.45, 7) is 5.18. The first-order valence-electron chi connectivity index (χ1n) is 5.33. The first-order valence-corrected chi connectivity index (χ1v) is 5.33. The van der Waals surface area contributed by atoms with Crippen molar-refractivity contribution < 1.29 is 5.11 Å². The molecule has 3 nitrogen and oxygen atoms in total. The molecule has 0 aromatic rings. The average Bonchev–Trinajstić information content (AvgIpc) is 2.13. The Hall–Kier alpha value is -0.120. The quantitative estimate of drug-likeness (QED) is 0.654. The van der Waals surface area contributed by atoms with E-state index < -0.39 is 0 Å². The Morgan fingerprint density at radius 2 is 2.08 bits per heavy atom. The lowest BCUT2D eigenvalue weighted by molar-refractivity contribution is 0.0140. The highest BCUT2D eigenvalue weighted by molar-refractivity contribution is 4.88. The topological polar surface area (TPSA) is 26.7 Å². The molecule has 0 radical (unpaired) electrons. The number of aliphatic hydroxyl groups is 1. The van der Waals surface area contributed by atoms with Gasteiger partial charge >= 0.3 is 0 Å². The molecule has 2 aliphatic heterocycles. The van der Waals surface area contributed by atoms with Crippen LogP contribution in [0.5, 0.6) is 0 Å². The van der Waals surface area contributed by atoms with Crippen molar-refractivity contribution in [3.63, 3.8) is 0 Å². The number of likely N-dealkylation sites (N-methyl/N-ethyl adjacent to an activating group) is 1. The van der Waals surface area contributed by atoms with Gasteiger partial charge in [-0.2, -0.15) is 0 Å². The van der Waals surface area contributed by atoms with E-state index in [4.69, 9.17) is 5.11 Å². The van der Waals surface area contributed by atoms with E-state index in [-0.39, 0.29) is 0 Å². The van der Waals surface area contributed by atoms with Crippen molar-refractivity contribution in [3.8, 4) is 0 Å². The summed E-state index contributed by atoms with van der Waals surface area (Å²) in [5.74, 6) is 0.541. The van der Waals surface area contributed by atoms with Crippen molar-refractivity contribution in [1.29, 1.82) is 0 Å². The Kier molecular flexibility index (Phi) is 2.86. The smallest absolute Gasteiger partial charge is 0.0471 e. The molecule has 3 heteroatoms. The third-order valence-corrected chi connectivity index (χ3v) is 3.37. The maximum atomic E-state index is 9.10. The maximum absolute atomic E-state index is 9.10. The number of aliphatic hydroxyl groups excluding tert-OH is 1. The largest absolute Gasteiger partial charge is 0.396 e. The van der Waals surface area contributed by atoms with Gasteiger partial charge in [0, 0.05) is 32.3 Å². The van der Waals surface area contributed by atoms with Crippen molar-refractivity contribution in [3.05, 3.63) is 0 Å². The number of hydrogen-bond acceptors (Lipinski definition) is 3. The average molecular weight is 184 g/mol. The van der Waals surface area contributed by atoms with Crippen molar-refractivity contribution in [2.45, 2.75) is 18.9 Å². The summed E-state index contributed by atoms with van der Waals surface area (Å²) < 4.78 is 0. The minimum Gasteiger partial charge on any atom is -0.396 e. The van der Waals surface area contributed by atoms with Crippen LogP contribution in [0.25, 0.3) is 0 Å². The molecule has 1 N–H and O–H groups in total. The van der Waals surface area contributed by atoms with Gasteiger partial charge in [-0.15, -0.1) is 0 Å². The second-order valence-electron chi connectivity index (χ2n) is 4.56. The molecule has 2 fully saturated rings. The summed E-state index contributed by atoms with van der Waals surface area (Å²) in [7, 11) is 2.17. The van der Waals surface area contributed by atoms with Gasteiger partial charge in [0.25, 0.3) is 0 Å². The highest BCUT2D eigenvalue weighted by Crippen LogP contribution is 2.21. The molecule has 2 heterocycles. The van der Waals surface area contributed by atoms with Gasteiger partial charge in [0.2, 0.25) is 0 Å². The van der Waals surface area contributed by atoms with E-state index in [9.17, 15) is 0 Å². The fraction of sp³-hybridized carbons (Fsp3) is 1.00. The molecule has 0 bridgehead atoms. The third kappa shape index (κ3) is 2.03. The lowest BCUT2D eigenvalue weighted by Gasteiger charge is -2.46. The predicted octanol–water partition coefficient (Wildman–Crippen LogP) is 0.00470. The van der Waals surface area contributed by atoms with Crippen LogP contribution in [0.15, 0.2) is 0 Å². The molecule has 2 rings (SSSR count). The van der Waals surface area contributed by atoms with Crippen molar-refractivity contribution in [1.82, 2.24) is 9.80 Å². The highest BCUT2D eigenvalue weighted by atomic mass is 16.3. The molecule has 13 heavy (non-hydrogen) atoms. The van der Waals surface area contributed by atoms with E-state index in [1.165, 1.54) is 32.5 Å². The van der Waals surface area contributed by atoms with Gasteiger partial charge < -0.3 is 10.0 Å². The summed E-state index contributed by atoms with van der Waals surface area (Å²) in [6, 6.07) is 0.777. The monoisotopic (exact) mass is 184 g/mol. The molecule has 0 amide bonds. The number of likely N-dealkylation sites (tertiary alicyclic amines) is 2. The van der Waals surface area contributed by atoms with Crippen molar-refractivity contribution in [2.24, 2.45) is 5.92 Å². The zero-order chi connectivity index (χ0) is 9.26. The fourth-order valence-electron chi connectivity index (χ4n) is 2.47. The van der Waals surface area contributed by atoms with Gasteiger partial charge in [-0.05, 0) is 32.4 Å². The molecular weight excluding hydrogens is 164 g/mol. The molecule has 1 atom stereocenters. The first kappa shape index (κ1) is 9.44. The van der Waals surface area contributed by atoms with Crippen LogP contribution in [0.1, 0.15) is 12.8 Å². The predicted molar refractivity (Wildman–Crippen MR) is 52.7 cm³/mol. The standard InChI is InChI=1S/C10H20N2O/c1-11-6-10(7-11)12-4-2-3-9(5-12)8-13/h9-10,13H,2-8H2,1H3. The fourth-order valence-corrected chi connectivity index (χ4v) is 2.47. The minimum atomic E-state index is 0.374. The molecule has 2 saturated heterocycles. The van der Waals surface area contributed by atoms with E-state index in [1.807, 2.05) is 0 Å². The molecule has 0 saturated carbocycles. The zero-order valence-electron chi connectivity index (χ0n) is 8.45. The molecule has 1 unspecified atom stereocenters. The van der Waals surface area contributed by atoms with Crippen LogP contribution < -0.4 is 0 Å². The van der Waals surface area contributed by atoms with E-state index in [2.05, 4.69) is 16.8 Å². The summed E-state index contributed by atoms with van der Waals surface area (Å²) in [5.41, 5.74) is 0. The molecular formula is C10H20N2O. The SMILES string of the molecule is CN1CC(N2CCCC(CO)C2)C1. The van der Waals surface area contributed by atoms with Gasteiger partial charge in [-0.1, -0.05) is 0 Å². The van der Waals surface area contributed by atoms with Crippen molar-refractivity contribution >= 4 is 0 Å². The molecule has 0 aromatic carbocycles. The van der Waals surface area contributed by atoms with E-state index >= 15 is 0 Å². The van der Waals surface area contributed by atoms with Crippen LogP contribution in [-0.4, -0.2) is 60.8 Å². The number of piperidine rings is 1. The van der Waals surface area contributed by atoms with Crippen LogP contribution in [0.4, 0.5) is 0 Å². The van der Waals surface area contributed by atoms with E-state index in [0.29, 0.717) is 12.5 Å². The van der Waals surface area contributed by atoms with Gasteiger partial charge in [-0.3, -0.25) is 4.90 Å². The minimum absolute atomic E-state index is 0.374. The zero-order valence-corrected chi connectivity index (χ0v) is 8.45. The molecule has 0 aliphatic carbocycles. The van der Waals surface area contributed by atoms with Gasteiger partial charge in [0.1, 0.15) is 0 Å². The number of rotatable bonds is 2. The highest BCUT2D eigenvalue weighted by Gasteiger charge is 2.31. The van der Waals surface area contributed by atoms with Crippen LogP contribution >= 0.6 is 0 Å². The maximum Gasteiger partial charge on any atom is 0.0471 e. The summed E-state index contributed by atoms with van der Waals surface area (Å²) in [6.07, 6.45) is 2.49. The van der Waals surface area contributed by atoms with Crippen LogP contribution in [0.2, 0.25) is 0 Å². The van der Waals surface area contributed by atoms with Crippen LogP contribution in [0, 0.1) is 5.92 Å². The van der Waals surface area contributed by atoms with E-state index in [1.54, 1.807) is 0 Å². The Morgan fingerprint density at radius 3 is 2.69 bits per heavy atom. The number of nitrogens with zero attached hydrogens (tertiary/aromatic N) is 2. The number of hydrogen-bond donors (Lipinski definition) is 1. The van der Waals surface area contributed by atoms with Crippen LogP contribution in [-0.2, 0) is 0 Å². The Labute approximate surface area is 80.3 Å². The lowest BCUT2D eigenvalue weighted by Crippen LogP contribution is -2.59. The van der Waals surface area contributed by atoms with Gasteiger partial charge in [0.15, 0.2) is 0 Å². The molecule has 76 valence electrons. The van der Waals surface area contributed by atoms with Crippen LogP contribution in [0.3, 0.4) is 0 Å². The van der Waals surface area contributed by atoms with Gasteiger partial charge in [0.05, 0.1) is 0 Å². The molecule has 0 spiro atoms. The first-order chi connectivity index (χ1) is 6.29. The van der Waals surface area contributed by atoms with Crippen molar-refractivity contribution in [2.75, 3.05) is 39.8 Å². The molecule has 2 aliphatic rings.